The SMILES string of the molecule is COc1ccc([C@H](NC(=O)c2cncnc2)c2nccn2C)cc1. The van der Waals surface area contributed by atoms with Crippen molar-refractivity contribution in [2.75, 3.05) is 7.11 Å². The summed E-state index contributed by atoms with van der Waals surface area (Å²) in [5.74, 6) is 1.21. The largest absolute Gasteiger partial charge is 0.497 e. The molecule has 2 heterocycles. The molecule has 0 unspecified atom stereocenters. The van der Waals surface area contributed by atoms with Gasteiger partial charge in [-0.05, 0) is 17.7 Å². The number of rotatable bonds is 5. The summed E-state index contributed by atoms with van der Waals surface area (Å²) in [6.07, 6.45) is 7.88. The Morgan fingerprint density at radius 2 is 1.92 bits per heavy atom. The second kappa shape index (κ2) is 6.91. The topological polar surface area (TPSA) is 81.9 Å². The number of hydrogen-bond acceptors (Lipinski definition) is 5. The number of aryl methyl sites for hydroxylation is 1. The molecule has 1 atom stereocenters. The predicted octanol–water partition coefficient (Wildman–Crippen LogP) is 1.74. The van der Waals surface area contributed by atoms with Crippen LogP contribution in [0.15, 0.2) is 55.4 Å². The van der Waals surface area contributed by atoms with Crippen molar-refractivity contribution in [3.63, 3.8) is 0 Å². The molecule has 0 radical (unpaired) electrons. The summed E-state index contributed by atoms with van der Waals surface area (Å²) in [6, 6.07) is 7.11. The molecule has 1 aromatic carbocycles. The fourth-order valence-electron chi connectivity index (χ4n) is 2.38. The normalized spacial score (nSPS) is 11.8. The van der Waals surface area contributed by atoms with Crippen LogP contribution < -0.4 is 10.1 Å². The number of hydrogen-bond donors (Lipinski definition) is 1. The Bertz CT molecular complexity index is 815. The van der Waals surface area contributed by atoms with Crippen molar-refractivity contribution in [1.29, 1.82) is 0 Å². The second-order valence-electron chi connectivity index (χ2n) is 5.20. The van der Waals surface area contributed by atoms with E-state index in [4.69, 9.17) is 4.74 Å². The number of nitrogens with one attached hydrogen (secondary N) is 1. The summed E-state index contributed by atoms with van der Waals surface area (Å²) in [6.45, 7) is 0. The number of benzene rings is 1. The van der Waals surface area contributed by atoms with E-state index in [2.05, 4.69) is 20.3 Å². The zero-order valence-electron chi connectivity index (χ0n) is 13.4. The monoisotopic (exact) mass is 323 g/mol. The highest BCUT2D eigenvalue weighted by Crippen LogP contribution is 2.23. The standard InChI is InChI=1S/C17H17N5O2/c1-22-8-7-20-16(22)15(12-3-5-14(24-2)6-4-12)21-17(23)13-9-18-11-19-10-13/h3-11,15H,1-2H3,(H,21,23)/t15-/m0/s1. The highest BCUT2D eigenvalue weighted by atomic mass is 16.5. The van der Waals surface area contributed by atoms with E-state index in [1.54, 1.807) is 13.3 Å². The number of amides is 1. The minimum absolute atomic E-state index is 0.264. The van der Waals surface area contributed by atoms with Crippen LogP contribution in [0.3, 0.4) is 0 Å². The molecule has 3 aromatic rings. The van der Waals surface area contributed by atoms with E-state index >= 15 is 0 Å². The number of imidazole rings is 1. The third kappa shape index (κ3) is 3.24. The molecule has 0 aliphatic carbocycles. The van der Waals surface area contributed by atoms with Gasteiger partial charge in [-0.25, -0.2) is 15.0 Å². The first-order chi connectivity index (χ1) is 11.7. The van der Waals surface area contributed by atoms with Gasteiger partial charge in [-0.3, -0.25) is 4.79 Å². The zero-order chi connectivity index (χ0) is 16.9. The second-order valence-corrected chi connectivity index (χ2v) is 5.20. The van der Waals surface area contributed by atoms with Gasteiger partial charge < -0.3 is 14.6 Å². The fourth-order valence-corrected chi connectivity index (χ4v) is 2.38. The molecule has 7 heteroatoms. The van der Waals surface area contributed by atoms with Gasteiger partial charge in [0.15, 0.2) is 0 Å². The van der Waals surface area contributed by atoms with Gasteiger partial charge in [0.1, 0.15) is 23.9 Å². The molecular formula is C17H17N5O2. The van der Waals surface area contributed by atoms with Crippen molar-refractivity contribution in [1.82, 2.24) is 24.8 Å². The Kier molecular flexibility index (Phi) is 4.51. The minimum atomic E-state index is -0.399. The van der Waals surface area contributed by atoms with E-state index in [1.807, 2.05) is 42.1 Å². The smallest absolute Gasteiger partial charge is 0.255 e. The summed E-state index contributed by atoms with van der Waals surface area (Å²) < 4.78 is 7.06. The van der Waals surface area contributed by atoms with Crippen LogP contribution in [-0.2, 0) is 7.05 Å². The van der Waals surface area contributed by atoms with Crippen molar-refractivity contribution in [3.05, 3.63) is 72.3 Å². The Labute approximate surface area is 139 Å². The molecule has 1 amide bonds. The molecule has 3 rings (SSSR count). The summed E-state index contributed by atoms with van der Waals surface area (Å²) >= 11 is 0. The summed E-state index contributed by atoms with van der Waals surface area (Å²) in [5.41, 5.74) is 1.29. The van der Waals surface area contributed by atoms with Gasteiger partial charge in [-0.1, -0.05) is 12.1 Å². The van der Waals surface area contributed by atoms with E-state index in [1.165, 1.54) is 18.7 Å². The third-order valence-electron chi connectivity index (χ3n) is 3.66. The Morgan fingerprint density at radius 3 is 2.50 bits per heavy atom. The number of nitrogens with zero attached hydrogens (tertiary/aromatic N) is 4. The van der Waals surface area contributed by atoms with Crippen LogP contribution in [0.1, 0.15) is 27.8 Å². The van der Waals surface area contributed by atoms with E-state index in [0.29, 0.717) is 5.56 Å². The van der Waals surface area contributed by atoms with Crippen molar-refractivity contribution in [2.45, 2.75) is 6.04 Å². The number of methoxy groups -OCH3 is 1. The van der Waals surface area contributed by atoms with Crippen molar-refractivity contribution in [2.24, 2.45) is 7.05 Å². The molecule has 7 nitrogen and oxygen atoms in total. The van der Waals surface area contributed by atoms with Gasteiger partial charge in [-0.15, -0.1) is 0 Å². The maximum absolute atomic E-state index is 12.5. The first-order valence-corrected chi connectivity index (χ1v) is 7.36. The summed E-state index contributed by atoms with van der Waals surface area (Å²) in [5, 5.41) is 2.99. The maximum Gasteiger partial charge on any atom is 0.255 e. The lowest BCUT2D eigenvalue weighted by molar-refractivity contribution is 0.0940. The number of carbonyl (C=O) groups excluding carboxylic acids is 1. The van der Waals surface area contributed by atoms with Crippen LogP contribution in [0.5, 0.6) is 5.75 Å². The van der Waals surface area contributed by atoms with Crippen LogP contribution >= 0.6 is 0 Å². The predicted molar refractivity (Wildman–Crippen MR) is 87.5 cm³/mol. The first-order valence-electron chi connectivity index (χ1n) is 7.36. The molecule has 0 bridgehead atoms. The summed E-state index contributed by atoms with van der Waals surface area (Å²) in [4.78, 5) is 24.6. The Morgan fingerprint density at radius 1 is 1.21 bits per heavy atom. The van der Waals surface area contributed by atoms with Crippen LogP contribution in [0, 0.1) is 0 Å². The first kappa shape index (κ1) is 15.7. The van der Waals surface area contributed by atoms with Gasteiger partial charge in [0.2, 0.25) is 0 Å². The zero-order valence-corrected chi connectivity index (χ0v) is 13.4. The van der Waals surface area contributed by atoms with Crippen LogP contribution in [0.4, 0.5) is 0 Å². The minimum Gasteiger partial charge on any atom is -0.497 e. The highest BCUT2D eigenvalue weighted by Gasteiger charge is 2.21. The van der Waals surface area contributed by atoms with E-state index in [9.17, 15) is 4.79 Å². The molecule has 0 saturated carbocycles. The van der Waals surface area contributed by atoms with Crippen molar-refractivity contribution in [3.8, 4) is 5.75 Å². The highest BCUT2D eigenvalue weighted by molar-refractivity contribution is 5.94. The van der Waals surface area contributed by atoms with Crippen LogP contribution in [0.25, 0.3) is 0 Å². The lowest BCUT2D eigenvalue weighted by atomic mass is 10.1. The molecule has 0 fully saturated rings. The molecule has 1 N–H and O–H groups in total. The van der Waals surface area contributed by atoms with Gasteiger partial charge in [0.25, 0.3) is 5.91 Å². The maximum atomic E-state index is 12.5. The lowest BCUT2D eigenvalue weighted by Gasteiger charge is -2.19. The number of aromatic nitrogens is 4. The van der Waals surface area contributed by atoms with Crippen molar-refractivity contribution >= 4 is 5.91 Å². The van der Waals surface area contributed by atoms with Gasteiger partial charge in [-0.2, -0.15) is 0 Å². The van der Waals surface area contributed by atoms with E-state index in [-0.39, 0.29) is 5.91 Å². The van der Waals surface area contributed by atoms with Gasteiger partial charge >= 0.3 is 0 Å². The molecule has 0 aliphatic rings. The Hall–Kier alpha value is -3.22. The van der Waals surface area contributed by atoms with Crippen LogP contribution in [0.2, 0.25) is 0 Å². The molecular weight excluding hydrogens is 306 g/mol. The molecule has 2 aromatic heterocycles. The molecule has 0 aliphatic heterocycles. The molecule has 0 spiro atoms. The van der Waals surface area contributed by atoms with Crippen LogP contribution in [-0.4, -0.2) is 32.5 Å². The van der Waals surface area contributed by atoms with Gasteiger partial charge in [0.05, 0.1) is 12.7 Å². The quantitative estimate of drug-likeness (QED) is 0.773. The lowest BCUT2D eigenvalue weighted by Crippen LogP contribution is -2.31. The average molecular weight is 323 g/mol. The number of ether oxygens (including phenoxy) is 1. The van der Waals surface area contributed by atoms with Gasteiger partial charge in [0, 0.05) is 31.8 Å². The molecule has 24 heavy (non-hydrogen) atoms. The average Bonchev–Trinajstić information content (AvgIpc) is 3.06. The van der Waals surface area contributed by atoms with E-state index < -0.39 is 6.04 Å². The fraction of sp³-hybridized carbons (Fsp3) is 0.176. The number of carbonyl (C=O) groups is 1. The summed E-state index contributed by atoms with van der Waals surface area (Å²) in [7, 11) is 3.50. The van der Waals surface area contributed by atoms with E-state index in [0.717, 1.165) is 17.1 Å². The molecule has 122 valence electrons. The Balaban J connectivity index is 1.93. The molecule has 0 saturated heterocycles. The third-order valence-corrected chi connectivity index (χ3v) is 3.66. The van der Waals surface area contributed by atoms with Crippen molar-refractivity contribution < 1.29 is 9.53 Å².